The highest BCUT2D eigenvalue weighted by atomic mass is 32.1. The predicted molar refractivity (Wildman–Crippen MR) is 87.8 cm³/mol. The summed E-state index contributed by atoms with van der Waals surface area (Å²) in [7, 11) is 1.81. The number of ether oxygens (including phenoxy) is 1. The number of rotatable bonds is 8. The molecule has 118 valence electrons. The number of nitrogens with one attached hydrogen (secondary N) is 2. The van der Waals surface area contributed by atoms with E-state index in [4.69, 9.17) is 4.74 Å². The van der Waals surface area contributed by atoms with Crippen molar-refractivity contribution in [3.8, 4) is 0 Å². The first kappa shape index (κ1) is 16.2. The van der Waals surface area contributed by atoms with Crippen LogP contribution < -0.4 is 10.6 Å². The molecule has 2 N–H and O–H groups in total. The van der Waals surface area contributed by atoms with E-state index in [9.17, 15) is 0 Å². The van der Waals surface area contributed by atoms with Gasteiger partial charge in [-0.15, -0.1) is 11.3 Å². The lowest BCUT2D eigenvalue weighted by Crippen LogP contribution is -2.40. The maximum atomic E-state index is 5.47. The van der Waals surface area contributed by atoms with Crippen LogP contribution >= 0.6 is 11.3 Å². The quantitative estimate of drug-likeness (QED) is 0.439. The first-order valence-electron chi connectivity index (χ1n) is 7.61. The number of thiazole rings is 1. The minimum absolute atomic E-state index is 0.421. The van der Waals surface area contributed by atoms with Crippen molar-refractivity contribution in [3.05, 3.63) is 16.1 Å². The second-order valence-electron chi connectivity index (χ2n) is 5.59. The zero-order chi connectivity index (χ0) is 15.1. The highest BCUT2D eigenvalue weighted by Gasteiger charge is 2.41. The van der Waals surface area contributed by atoms with Gasteiger partial charge < -0.3 is 15.4 Å². The number of aromatic nitrogens is 1. The van der Waals surface area contributed by atoms with Crippen molar-refractivity contribution >= 4 is 17.3 Å². The zero-order valence-electron chi connectivity index (χ0n) is 13.2. The van der Waals surface area contributed by atoms with Crippen LogP contribution in [0.15, 0.2) is 11.2 Å². The Labute approximate surface area is 131 Å². The largest absolute Gasteiger partial charge is 0.382 e. The third-order valence-corrected chi connectivity index (χ3v) is 4.78. The molecule has 1 aromatic rings. The third kappa shape index (κ3) is 5.28. The molecule has 0 amide bonds. The number of aliphatic imine (C=N–C) groups is 1. The van der Waals surface area contributed by atoms with Crippen LogP contribution in [0, 0.1) is 12.3 Å². The van der Waals surface area contributed by atoms with Crippen LogP contribution in [-0.2, 0) is 11.3 Å². The van der Waals surface area contributed by atoms with Crippen molar-refractivity contribution in [2.75, 3.05) is 26.8 Å². The molecule has 0 radical (unpaired) electrons. The molecule has 6 heteroatoms. The van der Waals surface area contributed by atoms with Gasteiger partial charge >= 0.3 is 0 Å². The van der Waals surface area contributed by atoms with E-state index in [0.29, 0.717) is 5.41 Å². The number of hydrogen-bond donors (Lipinski definition) is 2. The minimum atomic E-state index is 0.421. The molecular formula is C15H26N4OS. The molecule has 21 heavy (non-hydrogen) atoms. The Morgan fingerprint density at radius 1 is 1.48 bits per heavy atom. The van der Waals surface area contributed by atoms with E-state index in [0.717, 1.165) is 43.7 Å². The normalized spacial score (nSPS) is 16.8. The summed E-state index contributed by atoms with van der Waals surface area (Å²) in [6.07, 6.45) is 5.62. The Bertz CT molecular complexity index is 468. The van der Waals surface area contributed by atoms with Gasteiger partial charge in [0.25, 0.3) is 0 Å². The molecule has 2 rings (SSSR count). The third-order valence-electron chi connectivity index (χ3n) is 3.87. The number of guanidine groups is 1. The Morgan fingerprint density at radius 2 is 2.29 bits per heavy atom. The number of hydrogen-bond acceptors (Lipinski definition) is 4. The average molecular weight is 310 g/mol. The highest BCUT2D eigenvalue weighted by molar-refractivity contribution is 7.11. The molecule has 1 aliphatic rings. The fraction of sp³-hybridized carbons (Fsp3) is 0.733. The van der Waals surface area contributed by atoms with Gasteiger partial charge in [0, 0.05) is 37.9 Å². The minimum Gasteiger partial charge on any atom is -0.382 e. The lowest BCUT2D eigenvalue weighted by molar-refractivity contribution is 0.128. The van der Waals surface area contributed by atoms with Crippen molar-refractivity contribution < 1.29 is 4.74 Å². The molecule has 0 saturated heterocycles. The van der Waals surface area contributed by atoms with Crippen LogP contribution in [0.3, 0.4) is 0 Å². The Morgan fingerprint density at radius 3 is 2.86 bits per heavy atom. The summed E-state index contributed by atoms with van der Waals surface area (Å²) in [5, 5.41) is 7.85. The summed E-state index contributed by atoms with van der Waals surface area (Å²) in [6, 6.07) is 0. The molecule has 0 aliphatic heterocycles. The summed E-state index contributed by atoms with van der Waals surface area (Å²) in [5.74, 6) is 0.852. The van der Waals surface area contributed by atoms with Gasteiger partial charge in [0.15, 0.2) is 5.96 Å². The van der Waals surface area contributed by atoms with Crippen LogP contribution in [0.2, 0.25) is 0 Å². The predicted octanol–water partition coefficient (Wildman–Crippen LogP) is 2.32. The van der Waals surface area contributed by atoms with E-state index in [1.165, 1.54) is 17.7 Å². The van der Waals surface area contributed by atoms with Crippen molar-refractivity contribution in [1.82, 2.24) is 15.6 Å². The summed E-state index contributed by atoms with van der Waals surface area (Å²) in [6.45, 7) is 7.48. The maximum Gasteiger partial charge on any atom is 0.191 e. The fourth-order valence-electron chi connectivity index (χ4n) is 2.26. The van der Waals surface area contributed by atoms with E-state index < -0.39 is 0 Å². The van der Waals surface area contributed by atoms with E-state index in [1.807, 2.05) is 20.2 Å². The van der Waals surface area contributed by atoms with E-state index >= 15 is 0 Å². The molecule has 1 aromatic heterocycles. The van der Waals surface area contributed by atoms with Gasteiger partial charge in [-0.25, -0.2) is 4.98 Å². The second-order valence-corrected chi connectivity index (χ2v) is 6.91. The first-order chi connectivity index (χ1) is 10.2. The molecule has 1 aliphatic carbocycles. The van der Waals surface area contributed by atoms with Gasteiger partial charge in [0.05, 0.1) is 6.54 Å². The lowest BCUT2D eigenvalue weighted by Gasteiger charge is -2.18. The standard InChI is InChI=1S/C15H26N4OS/c1-4-20-8-7-15(5-6-15)11-19-14(16-3)18-10-13-17-9-12(2)21-13/h9H,4-8,10-11H2,1-3H3,(H2,16,18,19). The van der Waals surface area contributed by atoms with Gasteiger partial charge in [-0.2, -0.15) is 0 Å². The highest BCUT2D eigenvalue weighted by Crippen LogP contribution is 2.48. The SMILES string of the molecule is CCOCCC1(CNC(=NC)NCc2ncc(C)s2)CC1. The molecule has 1 saturated carbocycles. The fourth-order valence-corrected chi connectivity index (χ4v) is 2.99. The van der Waals surface area contributed by atoms with E-state index in [2.05, 4.69) is 27.5 Å². The number of nitrogens with zero attached hydrogens (tertiary/aromatic N) is 2. The van der Waals surface area contributed by atoms with E-state index in [1.54, 1.807) is 11.3 Å². The van der Waals surface area contributed by atoms with E-state index in [-0.39, 0.29) is 0 Å². The van der Waals surface area contributed by atoms with Gasteiger partial charge in [-0.05, 0) is 38.5 Å². The molecule has 1 heterocycles. The van der Waals surface area contributed by atoms with Crippen LogP contribution in [-0.4, -0.2) is 37.7 Å². The Balaban J connectivity index is 1.70. The van der Waals surface area contributed by atoms with Crippen molar-refractivity contribution in [1.29, 1.82) is 0 Å². The molecular weight excluding hydrogens is 284 g/mol. The van der Waals surface area contributed by atoms with Crippen molar-refractivity contribution in [2.24, 2.45) is 10.4 Å². The van der Waals surface area contributed by atoms with Gasteiger partial charge in [-0.3, -0.25) is 4.99 Å². The Hall–Kier alpha value is -1.14. The zero-order valence-corrected chi connectivity index (χ0v) is 14.1. The second kappa shape index (κ2) is 7.75. The summed E-state index contributed by atoms with van der Waals surface area (Å²) < 4.78 is 5.47. The summed E-state index contributed by atoms with van der Waals surface area (Å²) >= 11 is 1.72. The van der Waals surface area contributed by atoms with Gasteiger partial charge in [-0.1, -0.05) is 0 Å². The maximum absolute atomic E-state index is 5.47. The molecule has 0 spiro atoms. The van der Waals surface area contributed by atoms with Crippen molar-refractivity contribution in [3.63, 3.8) is 0 Å². The molecule has 1 fully saturated rings. The molecule has 0 bridgehead atoms. The van der Waals surface area contributed by atoms with Crippen LogP contribution in [0.25, 0.3) is 0 Å². The first-order valence-corrected chi connectivity index (χ1v) is 8.43. The molecule has 5 nitrogen and oxygen atoms in total. The van der Waals surface area contributed by atoms with Crippen LogP contribution in [0.4, 0.5) is 0 Å². The molecule has 0 unspecified atom stereocenters. The number of aryl methyl sites for hydroxylation is 1. The Kier molecular flexibility index (Phi) is 5.99. The van der Waals surface area contributed by atoms with Crippen molar-refractivity contribution in [2.45, 2.75) is 39.7 Å². The van der Waals surface area contributed by atoms with Crippen LogP contribution in [0.5, 0.6) is 0 Å². The topological polar surface area (TPSA) is 58.5 Å². The van der Waals surface area contributed by atoms with Gasteiger partial charge in [0.1, 0.15) is 5.01 Å². The van der Waals surface area contributed by atoms with Gasteiger partial charge in [0.2, 0.25) is 0 Å². The summed E-state index contributed by atoms with van der Waals surface area (Å²) in [5.41, 5.74) is 0.421. The monoisotopic (exact) mass is 310 g/mol. The average Bonchev–Trinajstić information content (AvgIpc) is 3.13. The smallest absolute Gasteiger partial charge is 0.191 e. The summed E-state index contributed by atoms with van der Waals surface area (Å²) in [4.78, 5) is 9.87. The van der Waals surface area contributed by atoms with Crippen LogP contribution in [0.1, 0.15) is 36.1 Å². The molecule has 0 atom stereocenters. The lowest BCUT2D eigenvalue weighted by atomic mass is 10.0. The molecule has 0 aromatic carbocycles.